The molecule has 2 rings (SSSR count). The third-order valence-electron chi connectivity index (χ3n) is 3.72. The third kappa shape index (κ3) is 7.67. The quantitative estimate of drug-likeness (QED) is 0.472. The Morgan fingerprint density at radius 3 is 2.45 bits per heavy atom. The molecule has 10 nitrogen and oxygen atoms in total. The number of carbonyl (C=O) groups is 4. The van der Waals surface area contributed by atoms with Crippen LogP contribution in [0.3, 0.4) is 0 Å². The number of ether oxygens (including phenoxy) is 1. The molecule has 29 heavy (non-hydrogen) atoms. The van der Waals surface area contributed by atoms with Gasteiger partial charge in [0.1, 0.15) is 12.6 Å². The average molecular weight is 399 g/mol. The summed E-state index contributed by atoms with van der Waals surface area (Å²) in [5, 5.41) is 2.36. The van der Waals surface area contributed by atoms with Crippen molar-refractivity contribution in [1.29, 1.82) is 0 Å². The van der Waals surface area contributed by atoms with Crippen LogP contribution in [0.2, 0.25) is 0 Å². The lowest BCUT2D eigenvalue weighted by Gasteiger charge is -2.18. The topological polar surface area (TPSA) is 153 Å². The molecule has 0 spiro atoms. The van der Waals surface area contributed by atoms with Gasteiger partial charge in [0.2, 0.25) is 5.91 Å². The van der Waals surface area contributed by atoms with E-state index in [0.717, 1.165) is 5.56 Å². The molecule has 1 aromatic carbocycles. The molecule has 5 N–H and O–H groups in total. The predicted molar refractivity (Wildman–Crippen MR) is 102 cm³/mol. The van der Waals surface area contributed by atoms with Crippen LogP contribution in [0, 0.1) is 0 Å². The number of hydrazine groups is 1. The SMILES string of the molecule is NC(=O)CC[C@H](NC(=O)OCc1ccccc1)C(=O)NNC(=O)c1cccnc1. The summed E-state index contributed by atoms with van der Waals surface area (Å²) in [6.07, 6.45) is 1.76. The number of primary amides is 1. The zero-order valence-corrected chi connectivity index (χ0v) is 15.5. The number of benzene rings is 1. The number of nitrogens with one attached hydrogen (secondary N) is 3. The fourth-order valence-corrected chi connectivity index (χ4v) is 2.24. The van der Waals surface area contributed by atoms with Crippen molar-refractivity contribution < 1.29 is 23.9 Å². The molecule has 1 heterocycles. The van der Waals surface area contributed by atoms with Crippen LogP contribution in [0.15, 0.2) is 54.9 Å². The summed E-state index contributed by atoms with van der Waals surface area (Å²) < 4.78 is 5.07. The minimum absolute atomic E-state index is 0.00851. The highest BCUT2D eigenvalue weighted by Gasteiger charge is 2.23. The van der Waals surface area contributed by atoms with Gasteiger partial charge in [0.05, 0.1) is 5.56 Å². The van der Waals surface area contributed by atoms with E-state index in [4.69, 9.17) is 10.5 Å². The highest BCUT2D eigenvalue weighted by molar-refractivity contribution is 5.96. The molecule has 0 aliphatic heterocycles. The summed E-state index contributed by atoms with van der Waals surface area (Å²) in [5.41, 5.74) is 10.5. The van der Waals surface area contributed by atoms with Crippen molar-refractivity contribution in [2.24, 2.45) is 5.73 Å². The summed E-state index contributed by atoms with van der Waals surface area (Å²) in [4.78, 5) is 51.2. The van der Waals surface area contributed by atoms with E-state index < -0.39 is 29.9 Å². The van der Waals surface area contributed by atoms with Crippen molar-refractivity contribution in [3.05, 3.63) is 66.0 Å². The first-order valence-electron chi connectivity index (χ1n) is 8.71. The Kier molecular flexibility index (Phi) is 8.11. The summed E-state index contributed by atoms with van der Waals surface area (Å²) in [5.74, 6) is -1.96. The van der Waals surface area contributed by atoms with Crippen molar-refractivity contribution in [2.45, 2.75) is 25.5 Å². The molecule has 1 atom stereocenters. The van der Waals surface area contributed by atoms with Crippen LogP contribution >= 0.6 is 0 Å². The second-order valence-corrected chi connectivity index (χ2v) is 5.95. The van der Waals surface area contributed by atoms with E-state index in [1.54, 1.807) is 30.3 Å². The summed E-state index contributed by atoms with van der Waals surface area (Å²) in [7, 11) is 0. The van der Waals surface area contributed by atoms with Crippen LogP contribution < -0.4 is 21.9 Å². The molecule has 0 radical (unpaired) electrons. The van der Waals surface area contributed by atoms with E-state index >= 15 is 0 Å². The Labute approximate surface area is 166 Å². The van der Waals surface area contributed by atoms with Crippen LogP contribution in [0.25, 0.3) is 0 Å². The largest absolute Gasteiger partial charge is 0.445 e. The van der Waals surface area contributed by atoms with Gasteiger partial charge in [0.15, 0.2) is 0 Å². The number of carbonyl (C=O) groups excluding carboxylic acids is 4. The summed E-state index contributed by atoms with van der Waals surface area (Å²) in [6.45, 7) is 0.00851. The lowest BCUT2D eigenvalue weighted by Crippen LogP contribution is -2.52. The van der Waals surface area contributed by atoms with Crippen molar-refractivity contribution in [1.82, 2.24) is 21.2 Å². The molecular formula is C19H21N5O5. The van der Waals surface area contributed by atoms with E-state index in [-0.39, 0.29) is 25.0 Å². The number of hydrogen-bond donors (Lipinski definition) is 4. The van der Waals surface area contributed by atoms with Crippen LogP contribution in [-0.4, -0.2) is 34.8 Å². The number of alkyl carbamates (subject to hydrolysis) is 1. The molecule has 4 amide bonds. The molecule has 0 aliphatic carbocycles. The Morgan fingerprint density at radius 1 is 1.03 bits per heavy atom. The number of aromatic nitrogens is 1. The zero-order valence-electron chi connectivity index (χ0n) is 15.5. The normalized spacial score (nSPS) is 11.0. The van der Waals surface area contributed by atoms with E-state index in [2.05, 4.69) is 21.2 Å². The van der Waals surface area contributed by atoms with Gasteiger partial charge in [-0.25, -0.2) is 4.79 Å². The molecule has 1 aromatic heterocycles. The summed E-state index contributed by atoms with van der Waals surface area (Å²) >= 11 is 0. The van der Waals surface area contributed by atoms with E-state index in [9.17, 15) is 19.2 Å². The van der Waals surface area contributed by atoms with E-state index in [0.29, 0.717) is 0 Å². The van der Waals surface area contributed by atoms with Gasteiger partial charge in [-0.1, -0.05) is 30.3 Å². The maximum atomic E-state index is 12.3. The molecule has 0 saturated carbocycles. The van der Waals surface area contributed by atoms with Crippen LogP contribution in [0.5, 0.6) is 0 Å². The maximum absolute atomic E-state index is 12.3. The van der Waals surface area contributed by atoms with Crippen molar-refractivity contribution in [3.63, 3.8) is 0 Å². The number of pyridine rings is 1. The number of amides is 4. The number of rotatable bonds is 8. The van der Waals surface area contributed by atoms with Gasteiger partial charge in [-0.2, -0.15) is 0 Å². The Hall–Kier alpha value is -3.95. The van der Waals surface area contributed by atoms with Gasteiger partial charge < -0.3 is 15.8 Å². The minimum Gasteiger partial charge on any atom is -0.445 e. The first-order chi connectivity index (χ1) is 14.0. The Bertz CT molecular complexity index is 845. The van der Waals surface area contributed by atoms with E-state index in [1.165, 1.54) is 18.5 Å². The van der Waals surface area contributed by atoms with Crippen LogP contribution in [-0.2, 0) is 20.9 Å². The van der Waals surface area contributed by atoms with Gasteiger partial charge in [0.25, 0.3) is 11.8 Å². The van der Waals surface area contributed by atoms with Crippen molar-refractivity contribution in [2.75, 3.05) is 0 Å². The fraction of sp³-hybridized carbons (Fsp3) is 0.211. The van der Waals surface area contributed by atoms with Crippen molar-refractivity contribution >= 4 is 23.8 Å². The Morgan fingerprint density at radius 2 is 1.79 bits per heavy atom. The Balaban J connectivity index is 1.89. The monoisotopic (exact) mass is 399 g/mol. The molecule has 0 saturated heterocycles. The molecule has 0 unspecified atom stereocenters. The maximum Gasteiger partial charge on any atom is 0.408 e. The van der Waals surface area contributed by atoms with Gasteiger partial charge in [0, 0.05) is 18.8 Å². The molecular weight excluding hydrogens is 378 g/mol. The lowest BCUT2D eigenvalue weighted by molar-refractivity contribution is -0.124. The molecule has 0 aliphatic rings. The summed E-state index contributed by atoms with van der Waals surface area (Å²) in [6, 6.07) is 10.9. The smallest absolute Gasteiger partial charge is 0.408 e. The number of hydrogen-bond acceptors (Lipinski definition) is 6. The second kappa shape index (κ2) is 11.0. The highest BCUT2D eigenvalue weighted by Crippen LogP contribution is 2.03. The first kappa shape index (κ1) is 21.4. The van der Waals surface area contributed by atoms with Gasteiger partial charge in [-0.15, -0.1) is 0 Å². The van der Waals surface area contributed by atoms with E-state index in [1.807, 2.05) is 6.07 Å². The molecule has 2 aromatic rings. The third-order valence-corrected chi connectivity index (χ3v) is 3.72. The molecule has 0 fully saturated rings. The minimum atomic E-state index is -1.14. The highest BCUT2D eigenvalue weighted by atomic mass is 16.5. The first-order valence-corrected chi connectivity index (χ1v) is 8.71. The predicted octanol–water partition coefficient (Wildman–Crippen LogP) is 0.403. The molecule has 152 valence electrons. The van der Waals surface area contributed by atoms with Gasteiger partial charge in [-0.05, 0) is 24.1 Å². The van der Waals surface area contributed by atoms with Crippen LogP contribution in [0.1, 0.15) is 28.8 Å². The van der Waals surface area contributed by atoms with Gasteiger partial charge >= 0.3 is 6.09 Å². The second-order valence-electron chi connectivity index (χ2n) is 5.95. The number of nitrogens with zero attached hydrogens (tertiary/aromatic N) is 1. The molecule has 10 heteroatoms. The van der Waals surface area contributed by atoms with Crippen LogP contribution in [0.4, 0.5) is 4.79 Å². The standard InChI is InChI=1S/C19H21N5O5/c20-16(25)9-8-15(22-19(28)29-12-13-5-2-1-3-6-13)18(27)24-23-17(26)14-7-4-10-21-11-14/h1-7,10-11,15H,8-9,12H2,(H2,20,25)(H,22,28)(H,23,26)(H,24,27)/t15-/m0/s1. The fourth-order valence-electron chi connectivity index (χ4n) is 2.24. The molecule has 0 bridgehead atoms. The zero-order chi connectivity index (χ0) is 21.1. The lowest BCUT2D eigenvalue weighted by atomic mass is 10.1. The van der Waals surface area contributed by atoms with Gasteiger partial charge in [-0.3, -0.25) is 30.2 Å². The number of nitrogens with two attached hydrogens (primary N) is 1. The average Bonchev–Trinajstić information content (AvgIpc) is 2.74. The van der Waals surface area contributed by atoms with Crippen molar-refractivity contribution in [3.8, 4) is 0 Å².